The highest BCUT2D eigenvalue weighted by Crippen LogP contribution is 2.24. The first-order valence-corrected chi connectivity index (χ1v) is 4.75. The predicted molar refractivity (Wildman–Crippen MR) is 55.9 cm³/mol. The van der Waals surface area contributed by atoms with Gasteiger partial charge in [-0.1, -0.05) is 13.8 Å². The lowest BCUT2D eigenvalue weighted by Crippen LogP contribution is -1.99. The van der Waals surface area contributed by atoms with Crippen molar-refractivity contribution in [2.24, 2.45) is 5.73 Å². The van der Waals surface area contributed by atoms with Gasteiger partial charge in [-0.05, 0) is 11.5 Å². The van der Waals surface area contributed by atoms with Crippen LogP contribution in [0.2, 0.25) is 0 Å². The van der Waals surface area contributed by atoms with Gasteiger partial charge in [0.05, 0.1) is 5.69 Å². The highest BCUT2D eigenvalue weighted by Gasteiger charge is 2.11. The molecule has 4 nitrogen and oxygen atoms in total. The third-order valence-electron chi connectivity index (χ3n) is 2.35. The van der Waals surface area contributed by atoms with E-state index >= 15 is 0 Å². The summed E-state index contributed by atoms with van der Waals surface area (Å²) in [5.41, 5.74) is 8.69. The van der Waals surface area contributed by atoms with Crippen molar-refractivity contribution >= 4 is 11.0 Å². The van der Waals surface area contributed by atoms with Crippen LogP contribution < -0.4 is 5.73 Å². The Balaban J connectivity index is 2.75. The zero-order valence-electron chi connectivity index (χ0n) is 8.41. The molecule has 0 aliphatic heterocycles. The number of hydrogen-bond acceptors (Lipinski definition) is 3. The lowest BCUT2D eigenvalue weighted by Gasteiger charge is -2.06. The zero-order valence-corrected chi connectivity index (χ0v) is 8.41. The van der Waals surface area contributed by atoms with E-state index in [1.807, 2.05) is 6.20 Å². The minimum absolute atomic E-state index is 0.390. The van der Waals surface area contributed by atoms with Crippen molar-refractivity contribution in [3.63, 3.8) is 0 Å². The van der Waals surface area contributed by atoms with Gasteiger partial charge in [0.2, 0.25) is 0 Å². The molecule has 0 fully saturated rings. The number of hydrogen-bond donors (Lipinski definition) is 2. The molecule has 0 radical (unpaired) electrons. The molecule has 0 aliphatic carbocycles. The second-order valence-electron chi connectivity index (χ2n) is 3.66. The van der Waals surface area contributed by atoms with E-state index in [0.717, 1.165) is 22.3 Å². The Morgan fingerprint density at radius 3 is 2.86 bits per heavy atom. The largest absolute Gasteiger partial charge is 0.346 e. The van der Waals surface area contributed by atoms with E-state index in [0.29, 0.717) is 12.5 Å². The van der Waals surface area contributed by atoms with Crippen molar-refractivity contribution in [1.29, 1.82) is 0 Å². The van der Waals surface area contributed by atoms with Crippen molar-refractivity contribution < 1.29 is 0 Å². The van der Waals surface area contributed by atoms with Gasteiger partial charge < -0.3 is 10.7 Å². The van der Waals surface area contributed by atoms with Crippen molar-refractivity contribution in [3.05, 3.63) is 23.8 Å². The molecule has 0 bridgehead atoms. The Labute approximate surface area is 82.6 Å². The maximum atomic E-state index is 5.65. The van der Waals surface area contributed by atoms with Crippen LogP contribution in [0.5, 0.6) is 0 Å². The smallest absolute Gasteiger partial charge is 0.141 e. The standard InChI is InChI=1S/C10H14N4/c1-6(2)9-8-7(3-11)4-12-10(8)14-5-13-9/h4-6H,3,11H2,1-2H3,(H,12,13,14). The predicted octanol–water partition coefficient (Wildman–Crippen LogP) is 1.54. The van der Waals surface area contributed by atoms with Crippen LogP contribution in [0.4, 0.5) is 0 Å². The number of nitrogens with two attached hydrogens (primary N) is 1. The normalized spacial score (nSPS) is 11.4. The van der Waals surface area contributed by atoms with Gasteiger partial charge in [0.1, 0.15) is 12.0 Å². The molecule has 4 heteroatoms. The van der Waals surface area contributed by atoms with Crippen LogP contribution in [0.1, 0.15) is 31.0 Å². The van der Waals surface area contributed by atoms with Gasteiger partial charge in [-0.2, -0.15) is 0 Å². The first-order chi connectivity index (χ1) is 6.74. The fraction of sp³-hybridized carbons (Fsp3) is 0.400. The van der Waals surface area contributed by atoms with E-state index in [-0.39, 0.29) is 0 Å². The molecule has 2 rings (SSSR count). The average molecular weight is 190 g/mol. The average Bonchev–Trinajstić information content (AvgIpc) is 2.59. The summed E-state index contributed by atoms with van der Waals surface area (Å²) < 4.78 is 0. The summed E-state index contributed by atoms with van der Waals surface area (Å²) in [6.07, 6.45) is 3.50. The van der Waals surface area contributed by atoms with Gasteiger partial charge in [-0.25, -0.2) is 9.97 Å². The monoisotopic (exact) mass is 190 g/mol. The molecule has 2 heterocycles. The molecule has 3 N–H and O–H groups in total. The molecular weight excluding hydrogens is 176 g/mol. The van der Waals surface area contributed by atoms with Crippen LogP contribution >= 0.6 is 0 Å². The lowest BCUT2D eigenvalue weighted by atomic mass is 10.0. The van der Waals surface area contributed by atoms with Gasteiger partial charge >= 0.3 is 0 Å². The summed E-state index contributed by atoms with van der Waals surface area (Å²) in [6.45, 7) is 4.76. The van der Waals surface area contributed by atoms with E-state index in [1.165, 1.54) is 0 Å². The number of H-pyrrole nitrogens is 1. The summed E-state index contributed by atoms with van der Waals surface area (Å²) >= 11 is 0. The molecule has 0 unspecified atom stereocenters. The molecule has 2 aromatic heterocycles. The van der Waals surface area contributed by atoms with Crippen LogP contribution in [-0.4, -0.2) is 15.0 Å². The van der Waals surface area contributed by atoms with Crippen LogP contribution in [0.25, 0.3) is 11.0 Å². The Morgan fingerprint density at radius 1 is 1.43 bits per heavy atom. The molecule has 0 aliphatic rings. The molecule has 74 valence electrons. The number of aromatic nitrogens is 3. The minimum atomic E-state index is 0.390. The second-order valence-corrected chi connectivity index (χ2v) is 3.66. The number of nitrogens with one attached hydrogen (secondary N) is 1. The molecule has 0 atom stereocenters. The van der Waals surface area contributed by atoms with Gasteiger partial charge in [-0.15, -0.1) is 0 Å². The summed E-state index contributed by atoms with van der Waals surface area (Å²) in [4.78, 5) is 11.6. The van der Waals surface area contributed by atoms with Gasteiger partial charge in [0.15, 0.2) is 0 Å². The van der Waals surface area contributed by atoms with Crippen molar-refractivity contribution in [2.75, 3.05) is 0 Å². The van der Waals surface area contributed by atoms with E-state index in [9.17, 15) is 0 Å². The molecule has 0 aromatic carbocycles. The Kier molecular flexibility index (Phi) is 2.21. The first kappa shape index (κ1) is 9.15. The van der Waals surface area contributed by atoms with Gasteiger partial charge in [-0.3, -0.25) is 0 Å². The van der Waals surface area contributed by atoms with Crippen LogP contribution in [0.3, 0.4) is 0 Å². The fourth-order valence-electron chi connectivity index (χ4n) is 1.65. The summed E-state index contributed by atoms with van der Waals surface area (Å²) in [7, 11) is 0. The van der Waals surface area contributed by atoms with Crippen LogP contribution in [0, 0.1) is 0 Å². The molecule has 14 heavy (non-hydrogen) atoms. The topological polar surface area (TPSA) is 67.6 Å². The van der Waals surface area contributed by atoms with Crippen molar-refractivity contribution in [1.82, 2.24) is 15.0 Å². The van der Waals surface area contributed by atoms with Crippen molar-refractivity contribution in [2.45, 2.75) is 26.3 Å². The summed E-state index contributed by atoms with van der Waals surface area (Å²) in [5.74, 6) is 0.390. The first-order valence-electron chi connectivity index (χ1n) is 4.75. The molecular formula is C10H14N4. The third-order valence-corrected chi connectivity index (χ3v) is 2.35. The quantitative estimate of drug-likeness (QED) is 0.754. The Bertz CT molecular complexity index is 444. The third kappa shape index (κ3) is 1.28. The highest BCUT2D eigenvalue weighted by atomic mass is 14.9. The van der Waals surface area contributed by atoms with E-state index in [2.05, 4.69) is 28.8 Å². The zero-order chi connectivity index (χ0) is 10.1. The molecule has 0 saturated carbocycles. The van der Waals surface area contributed by atoms with Crippen LogP contribution in [-0.2, 0) is 6.54 Å². The van der Waals surface area contributed by atoms with Gasteiger partial charge in [0, 0.05) is 18.1 Å². The maximum absolute atomic E-state index is 5.65. The molecule has 0 saturated heterocycles. The highest BCUT2D eigenvalue weighted by molar-refractivity contribution is 5.82. The molecule has 0 spiro atoms. The number of nitrogens with zero attached hydrogens (tertiary/aromatic N) is 2. The second kappa shape index (κ2) is 3.38. The SMILES string of the molecule is CC(C)c1ncnc2[nH]cc(CN)c12. The van der Waals surface area contributed by atoms with Crippen LogP contribution in [0.15, 0.2) is 12.5 Å². The van der Waals surface area contributed by atoms with E-state index in [4.69, 9.17) is 5.73 Å². The number of rotatable bonds is 2. The van der Waals surface area contributed by atoms with Gasteiger partial charge in [0.25, 0.3) is 0 Å². The number of fused-ring (bicyclic) bond motifs is 1. The summed E-state index contributed by atoms with van der Waals surface area (Å²) in [6, 6.07) is 0. The minimum Gasteiger partial charge on any atom is -0.346 e. The lowest BCUT2D eigenvalue weighted by molar-refractivity contribution is 0.826. The Hall–Kier alpha value is -1.42. The Morgan fingerprint density at radius 2 is 2.21 bits per heavy atom. The fourth-order valence-corrected chi connectivity index (χ4v) is 1.65. The summed E-state index contributed by atoms with van der Waals surface area (Å²) in [5, 5.41) is 1.09. The molecule has 2 aromatic rings. The number of aromatic amines is 1. The van der Waals surface area contributed by atoms with E-state index < -0.39 is 0 Å². The van der Waals surface area contributed by atoms with Crippen molar-refractivity contribution in [3.8, 4) is 0 Å². The maximum Gasteiger partial charge on any atom is 0.141 e. The van der Waals surface area contributed by atoms with E-state index in [1.54, 1.807) is 6.33 Å². The molecule has 0 amide bonds.